The Kier molecular flexibility index (Phi) is 2.52. The molecule has 4 rings (SSSR count). The van der Waals surface area contributed by atoms with E-state index in [1.165, 1.54) is 6.33 Å². The van der Waals surface area contributed by atoms with Crippen LogP contribution >= 0.6 is 11.6 Å². The first-order valence-corrected chi connectivity index (χ1v) is 6.63. The van der Waals surface area contributed by atoms with Crippen LogP contribution in [0.3, 0.4) is 0 Å². The van der Waals surface area contributed by atoms with E-state index in [2.05, 4.69) is 20.3 Å². The Morgan fingerprint density at radius 1 is 1.00 bits per heavy atom. The minimum absolute atomic E-state index is 0.419. The largest absolute Gasteiger partial charge is 0.398 e. The number of para-hydroxylation sites is 1. The van der Waals surface area contributed by atoms with Crippen molar-refractivity contribution in [1.29, 1.82) is 0 Å². The summed E-state index contributed by atoms with van der Waals surface area (Å²) in [7, 11) is 0. The highest BCUT2D eigenvalue weighted by molar-refractivity contribution is 6.38. The van der Waals surface area contributed by atoms with Crippen LogP contribution in [0.4, 0.5) is 5.69 Å². The second kappa shape index (κ2) is 4.39. The van der Waals surface area contributed by atoms with Crippen molar-refractivity contribution in [3.8, 4) is 5.82 Å². The fraction of sp³-hybridized carbons (Fsp3) is 0. The molecule has 0 aliphatic carbocycles. The van der Waals surface area contributed by atoms with E-state index < -0.39 is 0 Å². The topological polar surface area (TPSA) is 82.5 Å². The second-order valence-electron chi connectivity index (χ2n) is 4.55. The Bertz CT molecular complexity index is 978. The molecule has 0 fully saturated rings. The zero-order valence-electron chi connectivity index (χ0n) is 10.7. The molecule has 0 amide bonds. The molecule has 0 atom stereocenters. The fourth-order valence-electron chi connectivity index (χ4n) is 2.30. The SMILES string of the molecule is Nc1ccc2ncnc(-n3nnc4ccccc43)c2c1Cl. The number of rotatable bonds is 1. The van der Waals surface area contributed by atoms with Crippen LogP contribution < -0.4 is 5.73 Å². The van der Waals surface area contributed by atoms with E-state index in [4.69, 9.17) is 17.3 Å². The molecule has 21 heavy (non-hydrogen) atoms. The predicted molar refractivity (Wildman–Crippen MR) is 81.4 cm³/mol. The molecule has 0 saturated carbocycles. The van der Waals surface area contributed by atoms with Gasteiger partial charge in [0.15, 0.2) is 5.82 Å². The number of hydrogen-bond donors (Lipinski definition) is 1. The highest BCUT2D eigenvalue weighted by Gasteiger charge is 2.15. The molecular formula is C14H9ClN6. The van der Waals surface area contributed by atoms with Gasteiger partial charge < -0.3 is 5.73 Å². The van der Waals surface area contributed by atoms with Crippen LogP contribution in [0.2, 0.25) is 5.02 Å². The summed E-state index contributed by atoms with van der Waals surface area (Å²) in [5.74, 6) is 0.561. The van der Waals surface area contributed by atoms with Gasteiger partial charge in [-0.2, -0.15) is 4.68 Å². The van der Waals surface area contributed by atoms with Gasteiger partial charge in [0.1, 0.15) is 11.8 Å². The highest BCUT2D eigenvalue weighted by Crippen LogP contribution is 2.32. The number of aromatic nitrogens is 5. The monoisotopic (exact) mass is 296 g/mol. The van der Waals surface area contributed by atoms with Crippen LogP contribution in [0.5, 0.6) is 0 Å². The minimum Gasteiger partial charge on any atom is -0.398 e. The van der Waals surface area contributed by atoms with Crippen LogP contribution in [0.25, 0.3) is 27.8 Å². The third kappa shape index (κ3) is 1.73. The molecule has 2 aromatic heterocycles. The number of benzene rings is 2. The van der Waals surface area contributed by atoms with E-state index >= 15 is 0 Å². The van der Waals surface area contributed by atoms with Gasteiger partial charge in [-0.1, -0.05) is 28.9 Å². The Labute approximate surface area is 124 Å². The van der Waals surface area contributed by atoms with E-state index in [1.54, 1.807) is 16.8 Å². The minimum atomic E-state index is 0.419. The maximum absolute atomic E-state index is 6.33. The smallest absolute Gasteiger partial charge is 0.168 e. The molecule has 2 aromatic carbocycles. The lowest BCUT2D eigenvalue weighted by atomic mass is 10.2. The third-order valence-corrected chi connectivity index (χ3v) is 3.71. The summed E-state index contributed by atoms with van der Waals surface area (Å²) in [6.07, 6.45) is 1.47. The molecule has 0 unspecified atom stereocenters. The van der Waals surface area contributed by atoms with Gasteiger partial charge in [0.2, 0.25) is 0 Å². The summed E-state index contributed by atoms with van der Waals surface area (Å²) in [5, 5.41) is 9.38. The zero-order valence-corrected chi connectivity index (χ0v) is 11.5. The van der Waals surface area contributed by atoms with Crippen molar-refractivity contribution in [1.82, 2.24) is 25.0 Å². The van der Waals surface area contributed by atoms with E-state index in [1.807, 2.05) is 24.3 Å². The van der Waals surface area contributed by atoms with E-state index in [0.717, 1.165) is 11.0 Å². The summed E-state index contributed by atoms with van der Waals surface area (Å²) in [6.45, 7) is 0. The lowest BCUT2D eigenvalue weighted by molar-refractivity contribution is 0.805. The molecule has 0 radical (unpaired) electrons. The normalized spacial score (nSPS) is 11.3. The maximum atomic E-state index is 6.33. The van der Waals surface area contributed by atoms with Gasteiger partial charge >= 0.3 is 0 Å². The average molecular weight is 297 g/mol. The Balaban J connectivity index is 2.13. The van der Waals surface area contributed by atoms with Crippen molar-refractivity contribution in [2.75, 3.05) is 5.73 Å². The molecule has 0 bridgehead atoms. The number of hydrogen-bond acceptors (Lipinski definition) is 5. The molecule has 0 aliphatic heterocycles. The van der Waals surface area contributed by atoms with Crippen LogP contribution in [0.1, 0.15) is 0 Å². The van der Waals surface area contributed by atoms with E-state index in [0.29, 0.717) is 27.4 Å². The average Bonchev–Trinajstić information content (AvgIpc) is 2.94. The molecule has 2 N–H and O–H groups in total. The summed E-state index contributed by atoms with van der Waals surface area (Å²) in [6, 6.07) is 11.2. The molecular weight excluding hydrogens is 288 g/mol. The lowest BCUT2D eigenvalue weighted by Crippen LogP contribution is -2.03. The van der Waals surface area contributed by atoms with Crippen LogP contribution in [-0.2, 0) is 0 Å². The summed E-state index contributed by atoms with van der Waals surface area (Å²) in [4.78, 5) is 8.53. The quantitative estimate of drug-likeness (QED) is 0.546. The standard InChI is InChI=1S/C14H9ClN6/c15-13-8(16)5-6-10-12(13)14(18-7-17-10)21-11-4-2-1-3-9(11)19-20-21/h1-7H,16H2. The summed E-state index contributed by atoms with van der Waals surface area (Å²) in [5.41, 5.74) is 8.70. The fourth-order valence-corrected chi connectivity index (χ4v) is 2.54. The van der Waals surface area contributed by atoms with Crippen LogP contribution in [0.15, 0.2) is 42.7 Å². The van der Waals surface area contributed by atoms with Crippen LogP contribution in [0, 0.1) is 0 Å². The van der Waals surface area contributed by atoms with Crippen molar-refractivity contribution < 1.29 is 0 Å². The van der Waals surface area contributed by atoms with Gasteiger partial charge in [-0.05, 0) is 24.3 Å². The highest BCUT2D eigenvalue weighted by atomic mass is 35.5. The number of nitrogen functional groups attached to an aromatic ring is 1. The van der Waals surface area contributed by atoms with Crippen molar-refractivity contribution in [2.24, 2.45) is 0 Å². The maximum Gasteiger partial charge on any atom is 0.168 e. The first kappa shape index (κ1) is 12.0. The molecule has 2 heterocycles. The number of fused-ring (bicyclic) bond motifs is 2. The van der Waals surface area contributed by atoms with Gasteiger partial charge in [-0.15, -0.1) is 5.10 Å². The zero-order chi connectivity index (χ0) is 14.4. The van der Waals surface area contributed by atoms with Gasteiger partial charge in [-0.25, -0.2) is 9.97 Å². The van der Waals surface area contributed by atoms with Crippen LogP contribution in [-0.4, -0.2) is 25.0 Å². The van der Waals surface area contributed by atoms with Gasteiger partial charge in [0.25, 0.3) is 0 Å². The first-order chi connectivity index (χ1) is 10.3. The van der Waals surface area contributed by atoms with Gasteiger partial charge in [0.05, 0.1) is 27.1 Å². The molecule has 0 saturated heterocycles. The first-order valence-electron chi connectivity index (χ1n) is 6.25. The molecule has 7 heteroatoms. The number of anilines is 1. The van der Waals surface area contributed by atoms with Crippen molar-refractivity contribution in [3.63, 3.8) is 0 Å². The third-order valence-electron chi connectivity index (χ3n) is 3.30. The van der Waals surface area contributed by atoms with Crippen molar-refractivity contribution in [3.05, 3.63) is 47.7 Å². The number of halogens is 1. The Morgan fingerprint density at radius 3 is 2.76 bits per heavy atom. The Hall–Kier alpha value is -2.73. The number of nitrogens with two attached hydrogens (primary N) is 1. The molecule has 6 nitrogen and oxygen atoms in total. The van der Waals surface area contributed by atoms with E-state index in [-0.39, 0.29) is 0 Å². The summed E-state index contributed by atoms with van der Waals surface area (Å²) >= 11 is 6.33. The molecule has 102 valence electrons. The summed E-state index contributed by atoms with van der Waals surface area (Å²) < 4.78 is 1.64. The molecule has 0 spiro atoms. The van der Waals surface area contributed by atoms with Crippen molar-refractivity contribution >= 4 is 39.2 Å². The van der Waals surface area contributed by atoms with Crippen molar-refractivity contribution in [2.45, 2.75) is 0 Å². The predicted octanol–water partition coefficient (Wildman–Crippen LogP) is 2.60. The van der Waals surface area contributed by atoms with Gasteiger partial charge in [0, 0.05) is 0 Å². The lowest BCUT2D eigenvalue weighted by Gasteiger charge is -2.08. The molecule has 4 aromatic rings. The van der Waals surface area contributed by atoms with Gasteiger partial charge in [-0.3, -0.25) is 0 Å². The second-order valence-corrected chi connectivity index (χ2v) is 4.93. The molecule has 0 aliphatic rings. The number of nitrogens with zero attached hydrogens (tertiary/aromatic N) is 5. The Morgan fingerprint density at radius 2 is 1.86 bits per heavy atom. The van der Waals surface area contributed by atoms with E-state index in [9.17, 15) is 0 Å².